The second-order valence-electron chi connectivity index (χ2n) is 2.37. The molecule has 0 aromatic carbocycles. The van der Waals surface area contributed by atoms with Crippen LogP contribution in [0.3, 0.4) is 0 Å². The summed E-state index contributed by atoms with van der Waals surface area (Å²) in [7, 11) is 0. The molecular formula is C8H10N2OS. The second kappa shape index (κ2) is 3.57. The molecular weight excluding hydrogens is 172 g/mol. The Bertz CT molecular complexity index is 369. The maximum Gasteiger partial charge on any atom is 0.308 e. The van der Waals surface area contributed by atoms with Gasteiger partial charge in [0, 0.05) is 17.1 Å². The zero-order chi connectivity index (χ0) is 9.14. The molecule has 0 saturated carbocycles. The van der Waals surface area contributed by atoms with Crippen LogP contribution in [-0.4, -0.2) is 4.57 Å². The predicted octanol–water partition coefficient (Wildman–Crippen LogP) is 0.310. The molecule has 4 heteroatoms. The zero-order valence-electron chi connectivity index (χ0n) is 6.83. The largest absolute Gasteiger partial charge is 0.326 e. The lowest BCUT2D eigenvalue weighted by atomic mass is 10.4. The molecule has 1 aromatic rings. The van der Waals surface area contributed by atoms with E-state index in [0.717, 1.165) is 10.6 Å². The fourth-order valence-corrected chi connectivity index (χ4v) is 1.85. The molecule has 64 valence electrons. The minimum atomic E-state index is -0.0223. The van der Waals surface area contributed by atoms with Gasteiger partial charge in [-0.3, -0.25) is 9.36 Å². The van der Waals surface area contributed by atoms with Gasteiger partial charge in [-0.15, -0.1) is 6.42 Å². The lowest BCUT2D eigenvalue weighted by Crippen LogP contribution is -2.13. The Morgan fingerprint density at radius 2 is 2.42 bits per heavy atom. The van der Waals surface area contributed by atoms with Crippen molar-refractivity contribution in [2.75, 3.05) is 0 Å². The van der Waals surface area contributed by atoms with E-state index in [2.05, 4.69) is 5.92 Å². The summed E-state index contributed by atoms with van der Waals surface area (Å²) in [5.41, 5.74) is 6.33. The Morgan fingerprint density at radius 3 is 2.83 bits per heavy atom. The van der Waals surface area contributed by atoms with Crippen LogP contribution in [0.25, 0.3) is 0 Å². The Morgan fingerprint density at radius 1 is 1.75 bits per heavy atom. The highest BCUT2D eigenvalue weighted by atomic mass is 32.1. The van der Waals surface area contributed by atoms with Crippen molar-refractivity contribution in [3.63, 3.8) is 0 Å². The van der Waals surface area contributed by atoms with Gasteiger partial charge in [0.1, 0.15) is 0 Å². The fraction of sp³-hybridized carbons (Fsp3) is 0.375. The third-order valence-electron chi connectivity index (χ3n) is 1.67. The number of hydrogen-bond acceptors (Lipinski definition) is 3. The van der Waals surface area contributed by atoms with Gasteiger partial charge in [0.05, 0.1) is 6.54 Å². The van der Waals surface area contributed by atoms with Crippen LogP contribution in [0.5, 0.6) is 0 Å². The van der Waals surface area contributed by atoms with Gasteiger partial charge in [-0.25, -0.2) is 0 Å². The first-order chi connectivity index (χ1) is 5.70. The van der Waals surface area contributed by atoms with Gasteiger partial charge in [0.15, 0.2) is 0 Å². The quantitative estimate of drug-likeness (QED) is 0.669. The molecule has 1 aromatic heterocycles. The molecule has 1 rings (SSSR count). The summed E-state index contributed by atoms with van der Waals surface area (Å²) in [5.74, 6) is 2.43. The van der Waals surface area contributed by atoms with Crippen LogP contribution in [-0.2, 0) is 13.1 Å². The Hall–Kier alpha value is -1.05. The topological polar surface area (TPSA) is 48.0 Å². The van der Waals surface area contributed by atoms with Crippen LogP contribution in [0, 0.1) is 19.3 Å². The molecule has 0 bridgehead atoms. The summed E-state index contributed by atoms with van der Waals surface area (Å²) in [6.45, 7) is 2.60. The van der Waals surface area contributed by atoms with E-state index in [-0.39, 0.29) is 4.87 Å². The van der Waals surface area contributed by atoms with Gasteiger partial charge < -0.3 is 5.73 Å². The normalized spacial score (nSPS) is 9.75. The van der Waals surface area contributed by atoms with Crippen molar-refractivity contribution in [1.29, 1.82) is 0 Å². The average Bonchev–Trinajstić information content (AvgIpc) is 2.32. The van der Waals surface area contributed by atoms with E-state index < -0.39 is 0 Å². The van der Waals surface area contributed by atoms with Crippen LogP contribution in [0.15, 0.2) is 4.79 Å². The van der Waals surface area contributed by atoms with Gasteiger partial charge >= 0.3 is 4.87 Å². The van der Waals surface area contributed by atoms with E-state index in [1.807, 2.05) is 6.92 Å². The molecule has 0 fully saturated rings. The van der Waals surface area contributed by atoms with E-state index >= 15 is 0 Å². The number of thiazole rings is 1. The van der Waals surface area contributed by atoms with Gasteiger partial charge in [-0.05, 0) is 6.92 Å². The molecule has 1 heterocycles. The first-order valence-corrected chi connectivity index (χ1v) is 4.35. The van der Waals surface area contributed by atoms with E-state index in [1.165, 1.54) is 11.3 Å². The lowest BCUT2D eigenvalue weighted by molar-refractivity contribution is 0.781. The molecule has 0 radical (unpaired) electrons. The highest BCUT2D eigenvalue weighted by Crippen LogP contribution is 2.09. The van der Waals surface area contributed by atoms with Crippen LogP contribution in [0.4, 0.5) is 0 Å². The Kier molecular flexibility index (Phi) is 2.69. The second-order valence-corrected chi connectivity index (χ2v) is 3.42. The van der Waals surface area contributed by atoms with Crippen molar-refractivity contribution in [3.8, 4) is 12.3 Å². The van der Waals surface area contributed by atoms with Crippen LogP contribution >= 0.6 is 11.3 Å². The maximum atomic E-state index is 11.2. The molecule has 0 spiro atoms. The lowest BCUT2D eigenvalue weighted by Gasteiger charge is -1.98. The summed E-state index contributed by atoms with van der Waals surface area (Å²) in [6, 6.07) is 0. The molecule has 3 nitrogen and oxygen atoms in total. The molecule has 12 heavy (non-hydrogen) atoms. The predicted molar refractivity (Wildman–Crippen MR) is 50.0 cm³/mol. The SMILES string of the molecule is C#CCn1c(C)c(CN)sc1=O. The average molecular weight is 182 g/mol. The summed E-state index contributed by atoms with van der Waals surface area (Å²) < 4.78 is 1.56. The summed E-state index contributed by atoms with van der Waals surface area (Å²) in [6.07, 6.45) is 5.11. The third-order valence-corrected chi connectivity index (χ3v) is 2.78. The number of terminal acetylenes is 1. The summed E-state index contributed by atoms with van der Waals surface area (Å²) in [4.78, 5) is 12.1. The van der Waals surface area contributed by atoms with Crippen molar-refractivity contribution in [2.45, 2.75) is 20.0 Å². The van der Waals surface area contributed by atoms with Gasteiger partial charge in [0.2, 0.25) is 0 Å². The van der Waals surface area contributed by atoms with Crippen molar-refractivity contribution in [3.05, 3.63) is 20.2 Å². The van der Waals surface area contributed by atoms with Crippen LogP contribution in [0.1, 0.15) is 10.6 Å². The smallest absolute Gasteiger partial charge is 0.308 e. The molecule has 0 aliphatic rings. The summed E-state index contributed by atoms with van der Waals surface area (Å²) in [5, 5.41) is 0. The molecule has 0 aliphatic carbocycles. The first-order valence-electron chi connectivity index (χ1n) is 3.53. The van der Waals surface area contributed by atoms with Crippen molar-refractivity contribution < 1.29 is 0 Å². The molecule has 0 saturated heterocycles. The molecule has 0 aliphatic heterocycles. The first kappa shape index (κ1) is 9.04. The van der Waals surface area contributed by atoms with E-state index in [4.69, 9.17) is 12.2 Å². The maximum absolute atomic E-state index is 11.2. The van der Waals surface area contributed by atoms with Crippen LogP contribution in [0.2, 0.25) is 0 Å². The van der Waals surface area contributed by atoms with Gasteiger partial charge in [-0.1, -0.05) is 17.3 Å². The zero-order valence-corrected chi connectivity index (χ0v) is 7.65. The summed E-state index contributed by atoms with van der Waals surface area (Å²) >= 11 is 1.17. The number of hydrogen-bond donors (Lipinski definition) is 1. The molecule has 0 atom stereocenters. The fourth-order valence-electron chi connectivity index (χ4n) is 0.986. The Labute approximate surface area is 74.8 Å². The van der Waals surface area contributed by atoms with Gasteiger partial charge in [-0.2, -0.15) is 0 Å². The minimum Gasteiger partial charge on any atom is -0.326 e. The number of rotatable bonds is 2. The number of aromatic nitrogens is 1. The van der Waals surface area contributed by atoms with Crippen LogP contribution < -0.4 is 10.6 Å². The van der Waals surface area contributed by atoms with Crippen molar-refractivity contribution >= 4 is 11.3 Å². The highest BCUT2D eigenvalue weighted by Gasteiger charge is 2.07. The monoisotopic (exact) mass is 182 g/mol. The van der Waals surface area contributed by atoms with Gasteiger partial charge in [0.25, 0.3) is 0 Å². The standard InChI is InChI=1S/C8H10N2OS/c1-3-4-10-6(2)7(5-9)12-8(10)11/h1H,4-5,9H2,2H3. The third kappa shape index (κ3) is 1.42. The Balaban J connectivity index is 3.21. The highest BCUT2D eigenvalue weighted by molar-refractivity contribution is 7.09. The number of nitrogens with two attached hydrogens (primary N) is 1. The molecule has 2 N–H and O–H groups in total. The number of nitrogens with zero attached hydrogens (tertiary/aromatic N) is 1. The molecule has 0 unspecified atom stereocenters. The minimum absolute atomic E-state index is 0.0223. The van der Waals surface area contributed by atoms with E-state index in [0.29, 0.717) is 13.1 Å². The van der Waals surface area contributed by atoms with E-state index in [9.17, 15) is 4.79 Å². The molecule has 0 amide bonds. The van der Waals surface area contributed by atoms with Crippen molar-refractivity contribution in [1.82, 2.24) is 4.57 Å². The van der Waals surface area contributed by atoms with Crippen molar-refractivity contribution in [2.24, 2.45) is 5.73 Å². The van der Waals surface area contributed by atoms with E-state index in [1.54, 1.807) is 4.57 Å².